The van der Waals surface area contributed by atoms with E-state index in [4.69, 9.17) is 4.74 Å². The van der Waals surface area contributed by atoms with Crippen molar-refractivity contribution in [1.82, 2.24) is 9.88 Å². The minimum Gasteiger partial charge on any atom is -0.507 e. The molecule has 1 unspecified atom stereocenters. The summed E-state index contributed by atoms with van der Waals surface area (Å²) in [5.74, 6) is -0.753. The fraction of sp³-hybridized carbons (Fsp3) is 0.323. The van der Waals surface area contributed by atoms with Gasteiger partial charge in [0.15, 0.2) is 0 Å². The van der Waals surface area contributed by atoms with E-state index in [1.807, 2.05) is 30.3 Å². The molecule has 39 heavy (non-hydrogen) atoms. The molecule has 8 heteroatoms. The van der Waals surface area contributed by atoms with Crippen molar-refractivity contribution in [1.29, 1.82) is 0 Å². The number of benzene rings is 2. The van der Waals surface area contributed by atoms with E-state index < -0.39 is 17.7 Å². The molecule has 2 saturated heterocycles. The van der Waals surface area contributed by atoms with Gasteiger partial charge in [-0.3, -0.25) is 19.5 Å². The predicted molar refractivity (Wildman–Crippen MR) is 152 cm³/mol. The van der Waals surface area contributed by atoms with Crippen molar-refractivity contribution < 1.29 is 19.4 Å². The van der Waals surface area contributed by atoms with Crippen LogP contribution >= 0.6 is 0 Å². The third-order valence-corrected chi connectivity index (χ3v) is 7.13. The molecule has 3 heterocycles. The number of hydrogen-bond donors (Lipinski definition) is 1. The molecule has 8 nitrogen and oxygen atoms in total. The maximum absolute atomic E-state index is 13.5. The number of piperazine rings is 1. The first kappa shape index (κ1) is 26.4. The van der Waals surface area contributed by atoms with Gasteiger partial charge in [0.2, 0.25) is 0 Å². The highest BCUT2D eigenvalue weighted by Crippen LogP contribution is 2.42. The van der Waals surface area contributed by atoms with Crippen LogP contribution in [-0.4, -0.2) is 66.5 Å². The lowest BCUT2D eigenvalue weighted by Gasteiger charge is -2.34. The van der Waals surface area contributed by atoms with Crippen molar-refractivity contribution in [3.8, 4) is 5.75 Å². The van der Waals surface area contributed by atoms with Gasteiger partial charge in [0.25, 0.3) is 11.7 Å². The normalized spacial score (nSPS) is 19.6. The number of aromatic nitrogens is 1. The molecule has 3 aromatic rings. The lowest BCUT2D eigenvalue weighted by atomic mass is 9.96. The zero-order chi connectivity index (χ0) is 27.5. The second kappa shape index (κ2) is 11.3. The van der Waals surface area contributed by atoms with E-state index in [0.29, 0.717) is 35.1 Å². The van der Waals surface area contributed by atoms with Gasteiger partial charge in [0.05, 0.1) is 18.2 Å². The number of ether oxygens (including phenoxy) is 1. The van der Waals surface area contributed by atoms with Crippen molar-refractivity contribution in [2.75, 3.05) is 49.6 Å². The van der Waals surface area contributed by atoms with Crippen LogP contribution in [0.3, 0.4) is 0 Å². The molecule has 1 atom stereocenters. The van der Waals surface area contributed by atoms with Crippen molar-refractivity contribution in [3.63, 3.8) is 0 Å². The second-order valence-electron chi connectivity index (χ2n) is 10.5. The van der Waals surface area contributed by atoms with Crippen molar-refractivity contribution >= 4 is 28.8 Å². The number of nitrogens with zero attached hydrogens (tertiary/aromatic N) is 4. The molecule has 1 amide bonds. The first-order chi connectivity index (χ1) is 18.8. The number of aliphatic hydroxyl groups is 1. The van der Waals surface area contributed by atoms with Crippen molar-refractivity contribution in [2.45, 2.75) is 19.9 Å². The van der Waals surface area contributed by atoms with Crippen LogP contribution in [0.4, 0.5) is 11.4 Å². The van der Waals surface area contributed by atoms with E-state index in [9.17, 15) is 14.7 Å². The van der Waals surface area contributed by atoms with Gasteiger partial charge in [0.1, 0.15) is 11.5 Å². The molecule has 2 aliphatic rings. The van der Waals surface area contributed by atoms with Gasteiger partial charge in [-0.2, -0.15) is 0 Å². The van der Waals surface area contributed by atoms with Crippen LogP contribution in [0.25, 0.3) is 5.76 Å². The summed E-state index contributed by atoms with van der Waals surface area (Å²) >= 11 is 0. The number of aliphatic hydroxyl groups excluding tert-OH is 1. The van der Waals surface area contributed by atoms with Crippen LogP contribution in [-0.2, 0) is 9.59 Å². The van der Waals surface area contributed by atoms with E-state index in [0.717, 1.165) is 31.9 Å². The largest absolute Gasteiger partial charge is 0.507 e. The standard InChI is InChI=1S/C31H34N4O4/c1-21(2)20-39-26-8-4-6-22(18-26)29(36)27-28(23-7-5-13-32-19-23)35(31(38)30(27)37)25-11-9-24(10-12-25)34-16-14-33(3)15-17-34/h4-13,18-19,21,28,36H,14-17,20H2,1-3H3/b29-27+. The van der Waals surface area contributed by atoms with E-state index in [-0.39, 0.29) is 11.3 Å². The minimum atomic E-state index is -0.826. The average Bonchev–Trinajstić information content (AvgIpc) is 3.22. The number of carbonyl (C=O) groups excluding carboxylic acids is 2. The van der Waals surface area contributed by atoms with Gasteiger partial charge in [0, 0.05) is 55.5 Å². The molecule has 0 radical (unpaired) electrons. The molecular weight excluding hydrogens is 492 g/mol. The topological polar surface area (TPSA) is 86.2 Å². The van der Waals surface area contributed by atoms with Gasteiger partial charge in [-0.25, -0.2) is 0 Å². The van der Waals surface area contributed by atoms with Gasteiger partial charge >= 0.3 is 0 Å². The first-order valence-electron chi connectivity index (χ1n) is 13.3. The van der Waals surface area contributed by atoms with E-state index >= 15 is 0 Å². The number of ketones is 1. The number of Topliss-reactive ketones (excluding diaryl/α,β-unsaturated/α-hetero) is 1. The highest BCUT2D eigenvalue weighted by molar-refractivity contribution is 6.51. The number of anilines is 2. The summed E-state index contributed by atoms with van der Waals surface area (Å²) in [7, 11) is 2.12. The molecule has 0 bridgehead atoms. The fourth-order valence-corrected chi connectivity index (χ4v) is 4.99. The third kappa shape index (κ3) is 5.52. The summed E-state index contributed by atoms with van der Waals surface area (Å²) in [5.41, 5.74) is 2.72. The van der Waals surface area contributed by atoms with Crippen LogP contribution in [0.5, 0.6) is 5.75 Å². The summed E-state index contributed by atoms with van der Waals surface area (Å²) in [6.45, 7) is 8.45. The summed E-state index contributed by atoms with van der Waals surface area (Å²) in [6, 6.07) is 17.4. The average molecular weight is 527 g/mol. The van der Waals surface area contributed by atoms with Crippen molar-refractivity contribution in [2.24, 2.45) is 5.92 Å². The van der Waals surface area contributed by atoms with Crippen LogP contribution in [0, 0.1) is 5.92 Å². The van der Waals surface area contributed by atoms with E-state index in [2.05, 4.69) is 35.7 Å². The first-order valence-corrected chi connectivity index (χ1v) is 13.3. The highest BCUT2D eigenvalue weighted by atomic mass is 16.5. The van der Waals surface area contributed by atoms with Crippen molar-refractivity contribution in [3.05, 3.63) is 89.8 Å². The molecule has 0 saturated carbocycles. The molecular formula is C31H34N4O4. The summed E-state index contributed by atoms with van der Waals surface area (Å²) in [5, 5.41) is 11.4. The highest BCUT2D eigenvalue weighted by Gasteiger charge is 2.47. The molecule has 2 aromatic carbocycles. The summed E-state index contributed by atoms with van der Waals surface area (Å²) < 4.78 is 5.83. The Hall–Kier alpha value is -4.17. The Morgan fingerprint density at radius 1 is 1.00 bits per heavy atom. The number of pyridine rings is 1. The second-order valence-corrected chi connectivity index (χ2v) is 10.5. The van der Waals surface area contributed by atoms with Crippen LogP contribution < -0.4 is 14.5 Å². The number of amides is 1. The van der Waals surface area contributed by atoms with Gasteiger partial charge < -0.3 is 19.6 Å². The quantitative estimate of drug-likeness (QED) is 0.276. The monoisotopic (exact) mass is 526 g/mol. The number of carbonyl (C=O) groups is 2. The van der Waals surface area contributed by atoms with E-state index in [1.165, 1.54) is 4.90 Å². The third-order valence-electron chi connectivity index (χ3n) is 7.13. The van der Waals surface area contributed by atoms with Crippen LogP contribution in [0.15, 0.2) is 78.6 Å². The fourth-order valence-electron chi connectivity index (χ4n) is 4.99. The predicted octanol–water partition coefficient (Wildman–Crippen LogP) is 4.49. The molecule has 0 spiro atoms. The molecule has 0 aliphatic carbocycles. The van der Waals surface area contributed by atoms with E-state index in [1.54, 1.807) is 42.7 Å². The Balaban J connectivity index is 1.53. The molecule has 5 rings (SSSR count). The molecule has 1 aromatic heterocycles. The maximum Gasteiger partial charge on any atom is 0.300 e. The summed E-state index contributed by atoms with van der Waals surface area (Å²) in [4.78, 5) is 37.2. The maximum atomic E-state index is 13.5. The Labute approximate surface area is 229 Å². The van der Waals surface area contributed by atoms with Gasteiger partial charge in [-0.15, -0.1) is 0 Å². The minimum absolute atomic E-state index is 0.0251. The van der Waals surface area contributed by atoms with Crippen LogP contribution in [0.2, 0.25) is 0 Å². The Morgan fingerprint density at radius 2 is 1.72 bits per heavy atom. The molecule has 1 N–H and O–H groups in total. The zero-order valence-electron chi connectivity index (χ0n) is 22.6. The Morgan fingerprint density at radius 3 is 2.38 bits per heavy atom. The lowest BCUT2D eigenvalue weighted by molar-refractivity contribution is -0.132. The SMILES string of the molecule is CC(C)COc1cccc(/C(O)=C2\C(=O)C(=O)N(c3ccc(N4CCN(C)CC4)cc3)C2c2cccnc2)c1. The molecule has 2 fully saturated rings. The molecule has 2 aliphatic heterocycles. The van der Waals surface area contributed by atoms with Gasteiger partial charge in [-0.1, -0.05) is 32.0 Å². The number of rotatable bonds is 7. The Bertz CT molecular complexity index is 1360. The number of hydrogen-bond acceptors (Lipinski definition) is 7. The summed E-state index contributed by atoms with van der Waals surface area (Å²) in [6.07, 6.45) is 3.26. The smallest absolute Gasteiger partial charge is 0.300 e. The lowest BCUT2D eigenvalue weighted by Crippen LogP contribution is -2.44. The van der Waals surface area contributed by atoms with Gasteiger partial charge in [-0.05, 0) is 61.0 Å². The van der Waals surface area contributed by atoms with Crippen LogP contribution in [0.1, 0.15) is 31.0 Å². The Kier molecular flexibility index (Phi) is 7.65. The zero-order valence-corrected chi connectivity index (χ0v) is 22.6. The number of likely N-dealkylation sites (N-methyl/N-ethyl adjacent to an activating group) is 1. The molecule has 202 valence electrons.